The van der Waals surface area contributed by atoms with Crippen molar-refractivity contribution in [3.63, 3.8) is 0 Å². The molecule has 11 heteroatoms. The molecule has 1 amide bonds. The minimum absolute atomic E-state index is 0.0148. The van der Waals surface area contributed by atoms with Crippen LogP contribution < -0.4 is 16.6 Å². The third-order valence-electron chi connectivity index (χ3n) is 5.81. The smallest absolute Gasteiger partial charge is 0.417 e. The van der Waals surface area contributed by atoms with Gasteiger partial charge in [-0.25, -0.2) is 4.79 Å². The van der Waals surface area contributed by atoms with Crippen molar-refractivity contribution < 1.29 is 27.9 Å². The number of nitrogens with one attached hydrogen (secondary N) is 1. The molecule has 190 valence electrons. The fraction of sp³-hybridized carbons (Fsp3) is 0.240. The van der Waals surface area contributed by atoms with Gasteiger partial charge in [0.15, 0.2) is 0 Å². The van der Waals surface area contributed by atoms with Gasteiger partial charge in [0, 0.05) is 25.7 Å². The molecule has 1 heterocycles. The zero-order chi connectivity index (χ0) is 26.8. The molecule has 0 unspecified atom stereocenters. The molecule has 1 atom stereocenters. The fourth-order valence-electron chi connectivity index (χ4n) is 3.79. The van der Waals surface area contributed by atoms with Crippen molar-refractivity contribution in [2.45, 2.75) is 32.1 Å². The number of benzene rings is 2. The second-order valence-electron chi connectivity index (χ2n) is 8.18. The van der Waals surface area contributed by atoms with Crippen LogP contribution in [0.5, 0.6) is 0 Å². The lowest BCUT2D eigenvalue weighted by atomic mass is 9.97. The van der Waals surface area contributed by atoms with Gasteiger partial charge in [0.05, 0.1) is 21.7 Å². The number of aromatic nitrogens is 1. The Morgan fingerprint density at radius 3 is 2.36 bits per heavy atom. The number of nitrogens with zero attached hydrogens (tertiary/aromatic N) is 1. The van der Waals surface area contributed by atoms with Gasteiger partial charge in [0.25, 0.3) is 11.5 Å². The van der Waals surface area contributed by atoms with Crippen molar-refractivity contribution in [1.82, 2.24) is 9.88 Å². The number of carboxylic acid groups (broad SMARTS) is 1. The topological polar surface area (TPSA) is 114 Å². The van der Waals surface area contributed by atoms with Gasteiger partial charge in [-0.05, 0) is 35.7 Å². The average molecular weight is 522 g/mol. The lowest BCUT2D eigenvalue weighted by Crippen LogP contribution is -2.42. The Kier molecular flexibility index (Phi) is 7.90. The van der Waals surface area contributed by atoms with Gasteiger partial charge in [0.1, 0.15) is 6.04 Å². The molecule has 0 aliphatic carbocycles. The van der Waals surface area contributed by atoms with Gasteiger partial charge in [0.2, 0.25) is 0 Å². The van der Waals surface area contributed by atoms with Crippen molar-refractivity contribution in [3.05, 3.63) is 91.9 Å². The molecule has 0 bridgehead atoms. The van der Waals surface area contributed by atoms with Gasteiger partial charge in [-0.3, -0.25) is 9.59 Å². The number of hydrogen-bond donors (Lipinski definition) is 3. The quantitative estimate of drug-likeness (QED) is 0.436. The minimum atomic E-state index is -4.74. The molecular formula is C25H23ClF3N3O4. The van der Waals surface area contributed by atoms with Crippen LogP contribution in [-0.2, 0) is 31.0 Å². The summed E-state index contributed by atoms with van der Waals surface area (Å²) >= 11 is 6.11. The van der Waals surface area contributed by atoms with E-state index in [1.807, 2.05) is 0 Å². The molecule has 2 aromatic carbocycles. The Morgan fingerprint density at radius 2 is 1.81 bits per heavy atom. The molecule has 36 heavy (non-hydrogen) atoms. The molecule has 3 rings (SSSR count). The number of aryl methyl sites for hydroxylation is 1. The van der Waals surface area contributed by atoms with Crippen molar-refractivity contribution >= 4 is 23.5 Å². The highest BCUT2D eigenvalue weighted by Crippen LogP contribution is 2.35. The van der Waals surface area contributed by atoms with E-state index in [2.05, 4.69) is 5.32 Å². The Morgan fingerprint density at radius 1 is 1.17 bits per heavy atom. The number of halogens is 4. The number of carbonyl (C=O) groups is 2. The molecule has 0 saturated carbocycles. The van der Waals surface area contributed by atoms with Crippen LogP contribution in [0.1, 0.15) is 32.7 Å². The van der Waals surface area contributed by atoms with E-state index in [4.69, 9.17) is 17.3 Å². The average Bonchev–Trinajstić information content (AvgIpc) is 2.81. The van der Waals surface area contributed by atoms with E-state index in [1.54, 1.807) is 12.1 Å². The zero-order valence-electron chi connectivity index (χ0n) is 19.3. The van der Waals surface area contributed by atoms with E-state index < -0.39 is 40.8 Å². The van der Waals surface area contributed by atoms with Gasteiger partial charge in [-0.15, -0.1) is 0 Å². The normalized spacial score (nSPS) is 12.3. The maximum absolute atomic E-state index is 13.6. The summed E-state index contributed by atoms with van der Waals surface area (Å²) < 4.78 is 42.0. The molecule has 3 aromatic rings. The summed E-state index contributed by atoms with van der Waals surface area (Å²) in [5.41, 5.74) is 4.41. The number of rotatable bonds is 7. The number of carboxylic acids is 1. The first-order valence-corrected chi connectivity index (χ1v) is 11.1. The molecule has 0 saturated heterocycles. The van der Waals surface area contributed by atoms with E-state index in [9.17, 15) is 32.7 Å². The van der Waals surface area contributed by atoms with Gasteiger partial charge in [-0.2, -0.15) is 13.2 Å². The van der Waals surface area contributed by atoms with Crippen LogP contribution in [0.2, 0.25) is 5.02 Å². The highest BCUT2D eigenvalue weighted by atomic mass is 35.5. The van der Waals surface area contributed by atoms with Crippen molar-refractivity contribution in [2.75, 3.05) is 0 Å². The van der Waals surface area contributed by atoms with Crippen LogP contribution in [0.25, 0.3) is 11.1 Å². The SMILES string of the molecule is Cc1cc(C(F)(F)F)c(-c2ccc(C[C@H](NC(=O)c3c(Cl)cccc3CN)C(=O)O)cc2)c(=O)n1C. The van der Waals surface area contributed by atoms with Crippen LogP contribution in [-0.4, -0.2) is 27.6 Å². The van der Waals surface area contributed by atoms with Crippen LogP contribution in [0.3, 0.4) is 0 Å². The van der Waals surface area contributed by atoms with Gasteiger partial charge >= 0.3 is 12.1 Å². The number of carbonyl (C=O) groups excluding carboxylic acids is 1. The Labute approximate surface area is 209 Å². The third kappa shape index (κ3) is 5.60. The predicted molar refractivity (Wildman–Crippen MR) is 129 cm³/mol. The van der Waals surface area contributed by atoms with Gasteiger partial charge < -0.3 is 20.7 Å². The maximum atomic E-state index is 13.6. The summed E-state index contributed by atoms with van der Waals surface area (Å²) in [4.78, 5) is 37.2. The lowest BCUT2D eigenvalue weighted by Gasteiger charge is -2.18. The molecule has 1 aromatic heterocycles. The molecular weight excluding hydrogens is 499 g/mol. The number of hydrogen-bond acceptors (Lipinski definition) is 4. The summed E-state index contributed by atoms with van der Waals surface area (Å²) in [5.74, 6) is -2.04. The summed E-state index contributed by atoms with van der Waals surface area (Å²) in [5, 5.41) is 12.2. The van der Waals surface area contributed by atoms with E-state index in [0.717, 1.165) is 10.6 Å². The maximum Gasteiger partial charge on any atom is 0.417 e. The number of pyridine rings is 1. The highest BCUT2D eigenvalue weighted by Gasteiger charge is 2.36. The van der Waals surface area contributed by atoms with Crippen LogP contribution in [0, 0.1) is 6.92 Å². The van der Waals surface area contributed by atoms with Gasteiger partial charge in [-0.1, -0.05) is 48.0 Å². The van der Waals surface area contributed by atoms with E-state index >= 15 is 0 Å². The summed E-state index contributed by atoms with van der Waals surface area (Å²) in [7, 11) is 1.38. The summed E-state index contributed by atoms with van der Waals surface area (Å²) in [6, 6.07) is 9.71. The Balaban J connectivity index is 1.90. The third-order valence-corrected chi connectivity index (χ3v) is 6.12. The highest BCUT2D eigenvalue weighted by molar-refractivity contribution is 6.34. The van der Waals surface area contributed by atoms with E-state index in [-0.39, 0.29) is 34.8 Å². The number of aliphatic carboxylic acids is 1. The monoisotopic (exact) mass is 521 g/mol. The number of amides is 1. The minimum Gasteiger partial charge on any atom is -0.480 e. The molecule has 0 spiro atoms. The summed E-state index contributed by atoms with van der Waals surface area (Å²) in [6.45, 7) is 1.42. The number of alkyl halides is 3. The Hall–Kier alpha value is -3.63. The second-order valence-corrected chi connectivity index (χ2v) is 8.59. The van der Waals surface area contributed by atoms with E-state index in [1.165, 1.54) is 44.3 Å². The first kappa shape index (κ1) is 27.0. The van der Waals surface area contributed by atoms with Crippen LogP contribution in [0.15, 0.2) is 53.3 Å². The van der Waals surface area contributed by atoms with Crippen LogP contribution >= 0.6 is 11.6 Å². The summed E-state index contributed by atoms with van der Waals surface area (Å²) in [6.07, 6.45) is -4.91. The first-order valence-electron chi connectivity index (χ1n) is 10.7. The van der Waals surface area contributed by atoms with Crippen LogP contribution in [0.4, 0.5) is 13.2 Å². The van der Waals surface area contributed by atoms with E-state index in [0.29, 0.717) is 11.1 Å². The zero-order valence-corrected chi connectivity index (χ0v) is 20.1. The molecule has 0 fully saturated rings. The lowest BCUT2D eigenvalue weighted by molar-refractivity contribution is -0.139. The number of nitrogens with two attached hydrogens (primary N) is 1. The standard InChI is InChI=1S/C25H23ClF3N3O4/c1-13-10-17(25(27,28)29)20(23(34)32(13)2)15-8-6-14(7-9-15)11-19(24(35)36)31-22(33)21-16(12-30)4-3-5-18(21)26/h3-10,19H,11-12,30H2,1-2H3,(H,31,33)(H,35,36)/t19-/m0/s1. The first-order chi connectivity index (χ1) is 16.8. The largest absolute Gasteiger partial charge is 0.480 e. The molecule has 7 nitrogen and oxygen atoms in total. The molecule has 0 radical (unpaired) electrons. The Bertz CT molecular complexity index is 1370. The second kappa shape index (κ2) is 10.5. The van der Waals surface area contributed by atoms with Crippen molar-refractivity contribution in [2.24, 2.45) is 12.8 Å². The molecule has 0 aliphatic heterocycles. The van der Waals surface area contributed by atoms with Crippen molar-refractivity contribution in [1.29, 1.82) is 0 Å². The molecule has 0 aliphatic rings. The van der Waals surface area contributed by atoms with Crippen molar-refractivity contribution in [3.8, 4) is 11.1 Å². The predicted octanol–water partition coefficient (Wildman–Crippen LogP) is 3.92. The molecule has 4 N–H and O–H groups in total. The fourth-order valence-corrected chi connectivity index (χ4v) is 4.07.